The van der Waals surface area contributed by atoms with Crippen LogP contribution < -0.4 is 14.8 Å². The highest BCUT2D eigenvalue weighted by atomic mass is 32.2. The molecule has 7 nitrogen and oxygen atoms in total. The Labute approximate surface area is 173 Å². The van der Waals surface area contributed by atoms with Crippen molar-refractivity contribution >= 4 is 34.1 Å². The molecule has 152 valence electrons. The van der Waals surface area contributed by atoms with E-state index in [9.17, 15) is 4.79 Å². The Kier molecular flexibility index (Phi) is 7.38. The second-order valence-electron chi connectivity index (χ2n) is 6.82. The summed E-state index contributed by atoms with van der Waals surface area (Å²) in [5.74, 6) is 2.47. The van der Waals surface area contributed by atoms with Gasteiger partial charge in [0.25, 0.3) is 0 Å². The van der Waals surface area contributed by atoms with E-state index in [-0.39, 0.29) is 5.91 Å². The number of aromatic nitrogens is 2. The first kappa shape index (κ1) is 20.7. The van der Waals surface area contributed by atoms with E-state index in [0.717, 1.165) is 33.1 Å². The third kappa shape index (κ3) is 5.75. The zero-order valence-electron chi connectivity index (χ0n) is 16.4. The number of carbonyl (C=O) groups is 1. The predicted octanol–water partition coefficient (Wildman–Crippen LogP) is 3.52. The molecule has 28 heavy (non-hydrogen) atoms. The Morgan fingerprint density at radius 2 is 2.07 bits per heavy atom. The van der Waals surface area contributed by atoms with Gasteiger partial charge in [-0.05, 0) is 30.5 Å². The van der Waals surface area contributed by atoms with Gasteiger partial charge in [-0.2, -0.15) is 0 Å². The molecule has 0 spiro atoms. The van der Waals surface area contributed by atoms with E-state index in [2.05, 4.69) is 29.4 Å². The molecule has 0 radical (unpaired) electrons. The van der Waals surface area contributed by atoms with Crippen molar-refractivity contribution in [3.05, 3.63) is 23.8 Å². The minimum absolute atomic E-state index is 0.0780. The molecule has 0 aliphatic carbocycles. The lowest BCUT2D eigenvalue weighted by Gasteiger charge is -2.23. The summed E-state index contributed by atoms with van der Waals surface area (Å²) in [5, 5.41) is 12.3. The van der Waals surface area contributed by atoms with Gasteiger partial charge in [0, 0.05) is 19.6 Å². The summed E-state index contributed by atoms with van der Waals surface area (Å²) in [6.07, 6.45) is 0. The molecule has 9 heteroatoms. The van der Waals surface area contributed by atoms with Crippen LogP contribution in [0.5, 0.6) is 11.5 Å². The van der Waals surface area contributed by atoms with Crippen molar-refractivity contribution in [1.29, 1.82) is 0 Å². The first-order chi connectivity index (χ1) is 13.5. The largest absolute Gasteiger partial charge is 0.486 e. The molecule has 1 aromatic heterocycles. The van der Waals surface area contributed by atoms with Gasteiger partial charge in [-0.1, -0.05) is 43.0 Å². The Morgan fingerprint density at radius 3 is 2.82 bits per heavy atom. The number of rotatable bonds is 9. The average molecular weight is 423 g/mol. The van der Waals surface area contributed by atoms with Crippen LogP contribution in [0, 0.1) is 5.92 Å². The van der Waals surface area contributed by atoms with Gasteiger partial charge >= 0.3 is 0 Å². The normalized spacial score (nSPS) is 12.9. The van der Waals surface area contributed by atoms with Crippen LogP contribution >= 0.6 is 23.1 Å². The fraction of sp³-hybridized carbons (Fsp3) is 0.526. The highest BCUT2D eigenvalue weighted by Gasteiger charge is 2.17. The highest BCUT2D eigenvalue weighted by Crippen LogP contribution is 2.31. The Balaban J connectivity index is 1.52. The Hall–Kier alpha value is -2.00. The number of hydrogen-bond acceptors (Lipinski definition) is 8. The number of anilines is 1. The molecular formula is C19H26N4O3S2. The van der Waals surface area contributed by atoms with E-state index in [4.69, 9.17) is 9.47 Å². The monoisotopic (exact) mass is 422 g/mol. The lowest BCUT2D eigenvalue weighted by molar-refractivity contribution is -0.128. The molecule has 1 aliphatic rings. The van der Waals surface area contributed by atoms with Crippen LogP contribution in [0.3, 0.4) is 0 Å². The zero-order valence-corrected chi connectivity index (χ0v) is 18.1. The van der Waals surface area contributed by atoms with Crippen molar-refractivity contribution < 1.29 is 14.3 Å². The lowest BCUT2D eigenvalue weighted by Crippen LogP contribution is -2.31. The molecule has 0 atom stereocenters. The number of nitrogens with zero attached hydrogens (tertiary/aromatic N) is 3. The first-order valence-electron chi connectivity index (χ1n) is 9.41. The van der Waals surface area contributed by atoms with Crippen LogP contribution in [0.2, 0.25) is 0 Å². The zero-order chi connectivity index (χ0) is 19.9. The van der Waals surface area contributed by atoms with Crippen LogP contribution in [-0.4, -0.2) is 53.1 Å². The third-order valence-electron chi connectivity index (χ3n) is 4.10. The van der Waals surface area contributed by atoms with Crippen molar-refractivity contribution in [2.45, 2.75) is 31.7 Å². The minimum atomic E-state index is 0.0780. The number of nitrogens with one attached hydrogen (secondary N) is 1. The number of hydrogen-bond donors (Lipinski definition) is 1. The van der Waals surface area contributed by atoms with Crippen LogP contribution in [0.4, 0.5) is 5.13 Å². The minimum Gasteiger partial charge on any atom is -0.486 e. The quantitative estimate of drug-likeness (QED) is 0.620. The van der Waals surface area contributed by atoms with Crippen molar-refractivity contribution in [2.75, 3.05) is 37.4 Å². The lowest BCUT2D eigenvalue weighted by atomic mass is 10.2. The predicted molar refractivity (Wildman–Crippen MR) is 112 cm³/mol. The maximum Gasteiger partial charge on any atom is 0.233 e. The second-order valence-corrected chi connectivity index (χ2v) is 9.02. The van der Waals surface area contributed by atoms with E-state index in [0.29, 0.717) is 38.0 Å². The van der Waals surface area contributed by atoms with Crippen molar-refractivity contribution in [3.8, 4) is 11.5 Å². The molecule has 2 heterocycles. The van der Waals surface area contributed by atoms with Gasteiger partial charge in [-0.25, -0.2) is 0 Å². The summed E-state index contributed by atoms with van der Waals surface area (Å²) in [4.78, 5) is 14.5. The Morgan fingerprint density at radius 1 is 1.29 bits per heavy atom. The number of fused-ring (bicyclic) bond motifs is 1. The van der Waals surface area contributed by atoms with E-state index in [1.807, 2.05) is 30.0 Å². The summed E-state index contributed by atoms with van der Waals surface area (Å²) in [5.41, 5.74) is 1.03. The number of thioether (sulfide) groups is 1. The molecule has 0 bridgehead atoms. The first-order valence-corrected chi connectivity index (χ1v) is 11.2. The van der Waals surface area contributed by atoms with Crippen LogP contribution in [0.25, 0.3) is 0 Å². The molecule has 1 amide bonds. The van der Waals surface area contributed by atoms with Gasteiger partial charge in [-0.3, -0.25) is 4.79 Å². The summed E-state index contributed by atoms with van der Waals surface area (Å²) in [6.45, 7) is 9.45. The number of carbonyl (C=O) groups excluding carboxylic acids is 1. The SMILES string of the molecule is CCN(Cc1ccc2c(c1)OCCO2)C(=O)CSc1nnc(NCC(C)C)s1. The highest BCUT2D eigenvalue weighted by molar-refractivity contribution is 8.01. The summed E-state index contributed by atoms with van der Waals surface area (Å²) in [7, 11) is 0. The number of amides is 1. The van der Waals surface area contributed by atoms with Crippen molar-refractivity contribution in [2.24, 2.45) is 5.92 Å². The average Bonchev–Trinajstić information content (AvgIpc) is 3.16. The fourth-order valence-electron chi connectivity index (χ4n) is 2.63. The van der Waals surface area contributed by atoms with Crippen LogP contribution in [0.15, 0.2) is 22.5 Å². The molecule has 0 unspecified atom stereocenters. The molecule has 0 fully saturated rings. The van der Waals surface area contributed by atoms with Crippen molar-refractivity contribution in [1.82, 2.24) is 15.1 Å². The molecule has 3 rings (SSSR count). The van der Waals surface area contributed by atoms with E-state index in [1.165, 1.54) is 23.1 Å². The third-order valence-corrected chi connectivity index (χ3v) is 6.10. The molecule has 2 aromatic rings. The smallest absolute Gasteiger partial charge is 0.233 e. The van der Waals surface area contributed by atoms with Gasteiger partial charge in [-0.15, -0.1) is 10.2 Å². The maximum atomic E-state index is 12.7. The maximum absolute atomic E-state index is 12.7. The topological polar surface area (TPSA) is 76.6 Å². The molecule has 1 aliphatic heterocycles. The summed E-state index contributed by atoms with van der Waals surface area (Å²) < 4.78 is 12.0. The van der Waals surface area contributed by atoms with Crippen LogP contribution in [0.1, 0.15) is 26.3 Å². The molecule has 1 N–H and O–H groups in total. The number of benzene rings is 1. The fourth-order valence-corrected chi connectivity index (χ4v) is 4.29. The van der Waals surface area contributed by atoms with Crippen LogP contribution in [-0.2, 0) is 11.3 Å². The second kappa shape index (κ2) is 9.97. The van der Waals surface area contributed by atoms with Gasteiger partial charge in [0.1, 0.15) is 13.2 Å². The molecular weight excluding hydrogens is 396 g/mol. The van der Waals surface area contributed by atoms with E-state index in [1.54, 1.807) is 0 Å². The van der Waals surface area contributed by atoms with Gasteiger partial charge in [0.05, 0.1) is 5.75 Å². The molecule has 0 saturated heterocycles. The summed E-state index contributed by atoms with van der Waals surface area (Å²) in [6, 6.07) is 5.84. The summed E-state index contributed by atoms with van der Waals surface area (Å²) >= 11 is 2.91. The number of ether oxygens (including phenoxy) is 2. The van der Waals surface area contributed by atoms with Gasteiger partial charge < -0.3 is 19.7 Å². The van der Waals surface area contributed by atoms with Crippen molar-refractivity contribution in [3.63, 3.8) is 0 Å². The molecule has 1 aromatic carbocycles. The standard InChI is InChI=1S/C19H26N4O3S2/c1-4-23(11-14-5-6-15-16(9-14)26-8-7-25-15)17(24)12-27-19-22-21-18(28-19)20-10-13(2)3/h5-6,9,13H,4,7-8,10-12H2,1-3H3,(H,20,21). The van der Waals surface area contributed by atoms with Gasteiger partial charge in [0.15, 0.2) is 15.8 Å². The van der Waals surface area contributed by atoms with E-state index >= 15 is 0 Å². The van der Waals surface area contributed by atoms with E-state index < -0.39 is 0 Å². The van der Waals surface area contributed by atoms with Gasteiger partial charge in [0.2, 0.25) is 11.0 Å². The Bertz CT molecular complexity index is 797. The molecule has 0 saturated carbocycles.